The van der Waals surface area contributed by atoms with Crippen LogP contribution in [0.5, 0.6) is 0 Å². The van der Waals surface area contributed by atoms with Crippen LogP contribution in [-0.2, 0) is 18.4 Å². The number of aromatic amines is 2. The highest BCUT2D eigenvalue weighted by molar-refractivity contribution is 5.93. The average Bonchev–Trinajstić information content (AvgIpc) is 3.18. The minimum atomic E-state index is -0.0467. The standard InChI is InChI=1S/C20H24N4O/c1-12-5-6-15-13(9-12)14-11-24(8-7-16(14)21-15)19(25)17-10-18(23-22-17)20(2,3)4/h5-6,9-10,21H,7-8,11H2,1-4H3,(H,22,23). The van der Waals surface area contributed by atoms with Gasteiger partial charge in [0, 0.05) is 52.8 Å². The number of hydrogen-bond acceptors (Lipinski definition) is 2. The normalized spacial score (nSPS) is 14.8. The van der Waals surface area contributed by atoms with Gasteiger partial charge in [0.05, 0.1) is 0 Å². The van der Waals surface area contributed by atoms with Crippen molar-refractivity contribution in [2.45, 2.75) is 46.1 Å². The Hall–Kier alpha value is -2.56. The summed E-state index contributed by atoms with van der Waals surface area (Å²) >= 11 is 0. The lowest BCUT2D eigenvalue weighted by Gasteiger charge is -2.26. The van der Waals surface area contributed by atoms with E-state index in [1.54, 1.807) is 0 Å². The third kappa shape index (κ3) is 2.73. The zero-order chi connectivity index (χ0) is 17.8. The molecule has 1 amide bonds. The number of carbonyl (C=O) groups is 1. The third-order valence-corrected chi connectivity index (χ3v) is 5.02. The van der Waals surface area contributed by atoms with Gasteiger partial charge in [-0.05, 0) is 25.1 Å². The first-order chi connectivity index (χ1) is 11.8. The molecule has 5 heteroatoms. The van der Waals surface area contributed by atoms with Crippen LogP contribution in [-0.4, -0.2) is 32.5 Å². The van der Waals surface area contributed by atoms with Crippen LogP contribution in [0.25, 0.3) is 10.9 Å². The van der Waals surface area contributed by atoms with Crippen molar-refractivity contribution in [2.75, 3.05) is 6.54 Å². The van der Waals surface area contributed by atoms with E-state index in [9.17, 15) is 4.79 Å². The zero-order valence-electron chi connectivity index (χ0n) is 15.2. The third-order valence-electron chi connectivity index (χ3n) is 5.02. The highest BCUT2D eigenvalue weighted by atomic mass is 16.2. The van der Waals surface area contributed by atoms with Crippen LogP contribution in [0.2, 0.25) is 0 Å². The first-order valence-electron chi connectivity index (χ1n) is 8.78. The molecule has 0 aliphatic carbocycles. The van der Waals surface area contributed by atoms with Gasteiger partial charge in [0.15, 0.2) is 0 Å². The second-order valence-corrected chi connectivity index (χ2v) is 8.02. The molecule has 3 aromatic rings. The maximum absolute atomic E-state index is 12.9. The lowest BCUT2D eigenvalue weighted by Crippen LogP contribution is -2.36. The Labute approximate surface area is 147 Å². The molecular weight excluding hydrogens is 312 g/mol. The Bertz CT molecular complexity index is 958. The van der Waals surface area contributed by atoms with Crippen LogP contribution in [0, 0.1) is 6.92 Å². The van der Waals surface area contributed by atoms with Crippen LogP contribution in [0.4, 0.5) is 0 Å². The molecule has 0 spiro atoms. The molecular formula is C20H24N4O. The quantitative estimate of drug-likeness (QED) is 0.712. The molecule has 0 saturated heterocycles. The highest BCUT2D eigenvalue weighted by Crippen LogP contribution is 2.29. The van der Waals surface area contributed by atoms with Gasteiger partial charge in [-0.1, -0.05) is 32.4 Å². The first-order valence-corrected chi connectivity index (χ1v) is 8.78. The minimum absolute atomic E-state index is 0.000553. The van der Waals surface area contributed by atoms with E-state index >= 15 is 0 Å². The molecule has 2 aromatic heterocycles. The van der Waals surface area contributed by atoms with E-state index in [1.807, 2.05) is 11.0 Å². The number of benzene rings is 1. The number of hydrogen-bond donors (Lipinski definition) is 2. The van der Waals surface area contributed by atoms with E-state index < -0.39 is 0 Å². The molecule has 0 atom stereocenters. The maximum Gasteiger partial charge on any atom is 0.274 e. The Kier molecular flexibility index (Phi) is 3.49. The van der Waals surface area contributed by atoms with E-state index in [2.05, 4.69) is 61.1 Å². The molecule has 0 bridgehead atoms. The van der Waals surface area contributed by atoms with Gasteiger partial charge in [-0.15, -0.1) is 0 Å². The summed E-state index contributed by atoms with van der Waals surface area (Å²) in [6.07, 6.45) is 0.853. The summed E-state index contributed by atoms with van der Waals surface area (Å²) in [7, 11) is 0. The Balaban J connectivity index is 1.63. The molecule has 1 aromatic carbocycles. The first kappa shape index (κ1) is 15.9. The summed E-state index contributed by atoms with van der Waals surface area (Å²) in [5.41, 5.74) is 6.32. The lowest BCUT2D eigenvalue weighted by molar-refractivity contribution is 0.0729. The molecule has 4 rings (SSSR count). The molecule has 0 fully saturated rings. The molecule has 2 N–H and O–H groups in total. The number of fused-ring (bicyclic) bond motifs is 3. The van der Waals surface area contributed by atoms with Gasteiger partial charge in [-0.3, -0.25) is 9.89 Å². The molecule has 130 valence electrons. The fourth-order valence-electron chi connectivity index (χ4n) is 3.48. The summed E-state index contributed by atoms with van der Waals surface area (Å²) < 4.78 is 0. The zero-order valence-corrected chi connectivity index (χ0v) is 15.2. The minimum Gasteiger partial charge on any atom is -0.358 e. The van der Waals surface area contributed by atoms with Gasteiger partial charge < -0.3 is 9.88 Å². The van der Waals surface area contributed by atoms with Crippen LogP contribution in [0.3, 0.4) is 0 Å². The fraction of sp³-hybridized carbons (Fsp3) is 0.400. The maximum atomic E-state index is 12.9. The molecule has 1 aliphatic heterocycles. The van der Waals surface area contributed by atoms with E-state index in [-0.39, 0.29) is 11.3 Å². The molecule has 0 radical (unpaired) electrons. The Morgan fingerprint density at radius 1 is 1.24 bits per heavy atom. The number of nitrogens with zero attached hydrogens (tertiary/aromatic N) is 2. The lowest BCUT2D eigenvalue weighted by atomic mass is 9.92. The van der Waals surface area contributed by atoms with Gasteiger partial charge in [0.25, 0.3) is 5.91 Å². The van der Waals surface area contributed by atoms with Crippen molar-refractivity contribution in [3.8, 4) is 0 Å². The van der Waals surface area contributed by atoms with Gasteiger partial charge >= 0.3 is 0 Å². The largest absolute Gasteiger partial charge is 0.358 e. The van der Waals surface area contributed by atoms with Crippen molar-refractivity contribution in [1.82, 2.24) is 20.1 Å². The molecule has 0 unspecified atom stereocenters. The second-order valence-electron chi connectivity index (χ2n) is 8.02. The number of aryl methyl sites for hydroxylation is 1. The molecule has 0 saturated carbocycles. The number of H-pyrrole nitrogens is 2. The predicted molar refractivity (Wildman–Crippen MR) is 98.8 cm³/mol. The number of amides is 1. The van der Waals surface area contributed by atoms with E-state index in [0.717, 1.165) is 24.2 Å². The van der Waals surface area contributed by atoms with Gasteiger partial charge in [-0.2, -0.15) is 5.10 Å². The van der Waals surface area contributed by atoms with Crippen LogP contribution >= 0.6 is 0 Å². The van der Waals surface area contributed by atoms with Gasteiger partial charge in [0.2, 0.25) is 0 Å². The number of carbonyl (C=O) groups excluding carboxylic acids is 1. The SMILES string of the molecule is Cc1ccc2[nH]c3c(c2c1)CN(C(=O)c1cc(C(C)(C)C)[nH]n1)CC3. The van der Waals surface area contributed by atoms with Crippen LogP contribution in [0.1, 0.15) is 53.8 Å². The molecule has 1 aliphatic rings. The topological polar surface area (TPSA) is 64.8 Å². The summed E-state index contributed by atoms with van der Waals surface area (Å²) in [5.74, 6) is -0.000553. The number of aromatic nitrogens is 3. The van der Waals surface area contributed by atoms with Crippen molar-refractivity contribution < 1.29 is 4.79 Å². The van der Waals surface area contributed by atoms with Crippen molar-refractivity contribution >= 4 is 16.8 Å². The number of nitrogens with one attached hydrogen (secondary N) is 2. The predicted octanol–water partition coefficient (Wildman–Crippen LogP) is 3.70. The fourth-order valence-corrected chi connectivity index (χ4v) is 3.48. The monoisotopic (exact) mass is 336 g/mol. The molecule has 3 heterocycles. The van der Waals surface area contributed by atoms with Crippen molar-refractivity contribution in [3.63, 3.8) is 0 Å². The van der Waals surface area contributed by atoms with Gasteiger partial charge in [-0.25, -0.2) is 0 Å². The van der Waals surface area contributed by atoms with E-state index in [1.165, 1.54) is 22.2 Å². The summed E-state index contributed by atoms with van der Waals surface area (Å²) in [4.78, 5) is 18.3. The Morgan fingerprint density at radius 2 is 2.04 bits per heavy atom. The number of rotatable bonds is 1. The van der Waals surface area contributed by atoms with Gasteiger partial charge in [0.1, 0.15) is 5.69 Å². The summed E-state index contributed by atoms with van der Waals surface area (Å²) in [6, 6.07) is 8.32. The average molecular weight is 336 g/mol. The van der Waals surface area contributed by atoms with E-state index in [4.69, 9.17) is 0 Å². The van der Waals surface area contributed by atoms with E-state index in [0.29, 0.717) is 12.2 Å². The highest BCUT2D eigenvalue weighted by Gasteiger charge is 2.27. The summed E-state index contributed by atoms with van der Waals surface area (Å²) in [6.45, 7) is 9.77. The van der Waals surface area contributed by atoms with Crippen LogP contribution in [0.15, 0.2) is 24.3 Å². The van der Waals surface area contributed by atoms with Crippen LogP contribution < -0.4 is 0 Å². The summed E-state index contributed by atoms with van der Waals surface area (Å²) in [5, 5.41) is 8.49. The molecule has 25 heavy (non-hydrogen) atoms. The smallest absolute Gasteiger partial charge is 0.274 e. The van der Waals surface area contributed by atoms with Crippen molar-refractivity contribution in [3.05, 3.63) is 52.5 Å². The van der Waals surface area contributed by atoms with Crippen molar-refractivity contribution in [2.24, 2.45) is 0 Å². The Morgan fingerprint density at radius 3 is 2.76 bits per heavy atom. The second kappa shape index (κ2) is 5.48. The molecule has 5 nitrogen and oxygen atoms in total. The van der Waals surface area contributed by atoms with Crippen molar-refractivity contribution in [1.29, 1.82) is 0 Å².